The van der Waals surface area contributed by atoms with Gasteiger partial charge in [0.25, 0.3) is 5.69 Å². The van der Waals surface area contributed by atoms with Gasteiger partial charge in [0.2, 0.25) is 5.91 Å². The van der Waals surface area contributed by atoms with E-state index in [0.717, 1.165) is 0 Å². The zero-order valence-electron chi connectivity index (χ0n) is 12.2. The number of aliphatic hydroxyl groups excluding tert-OH is 1. The first-order valence-electron chi connectivity index (χ1n) is 6.19. The maximum absolute atomic E-state index is 11.9. The number of piperidine rings is 1. The fourth-order valence-electron chi connectivity index (χ4n) is 2.35. The Balaban J connectivity index is 0.00000200. The van der Waals surface area contributed by atoms with Crippen LogP contribution in [0.5, 0.6) is 0 Å². The Morgan fingerprint density at radius 1 is 1.43 bits per heavy atom. The van der Waals surface area contributed by atoms with Crippen molar-refractivity contribution in [2.75, 3.05) is 0 Å². The Kier molecular flexibility index (Phi) is 8.17. The molecule has 1 heterocycles. The van der Waals surface area contributed by atoms with Gasteiger partial charge in [0.15, 0.2) is 0 Å². The molecule has 0 saturated carbocycles. The standard InChI is InChI=1S/C13H16N2O4.B.Na/c1-9-6-12(16)14(13(17)7-9)8-10-4-2-3-5-11(10)15(18)19;;/h2-5,9,12,16H,6-8H2,1H3;;. The van der Waals surface area contributed by atoms with E-state index in [1.807, 2.05) is 6.92 Å². The van der Waals surface area contributed by atoms with Crippen molar-refractivity contribution in [2.24, 2.45) is 5.92 Å². The van der Waals surface area contributed by atoms with Gasteiger partial charge < -0.3 is 10.0 Å². The van der Waals surface area contributed by atoms with Gasteiger partial charge in [0.1, 0.15) is 6.23 Å². The van der Waals surface area contributed by atoms with Crippen LogP contribution in [-0.2, 0) is 11.3 Å². The molecule has 106 valence electrons. The number of carbonyl (C=O) groups is 1. The molecular weight excluding hydrogens is 282 g/mol. The summed E-state index contributed by atoms with van der Waals surface area (Å²) >= 11 is 0. The monoisotopic (exact) mass is 298 g/mol. The maximum Gasteiger partial charge on any atom is 0.274 e. The number of likely N-dealkylation sites (tertiary alicyclic amines) is 1. The van der Waals surface area contributed by atoms with E-state index in [1.54, 1.807) is 18.2 Å². The van der Waals surface area contributed by atoms with E-state index in [1.165, 1.54) is 11.0 Å². The molecule has 1 aromatic carbocycles. The minimum Gasteiger partial charge on any atom is -0.374 e. The molecule has 1 fully saturated rings. The average molecular weight is 298 g/mol. The van der Waals surface area contributed by atoms with Crippen LogP contribution >= 0.6 is 0 Å². The van der Waals surface area contributed by atoms with Gasteiger partial charge in [0.05, 0.1) is 11.5 Å². The Morgan fingerprint density at radius 2 is 2.05 bits per heavy atom. The number of nitro groups is 1. The summed E-state index contributed by atoms with van der Waals surface area (Å²) in [5, 5.41) is 20.9. The van der Waals surface area contributed by atoms with Gasteiger partial charge in [-0.05, 0) is 12.3 Å². The SMILES string of the molecule is CC1CC(=O)N(Cc2ccccc2[N+](=O)[O-])C(O)C1.[B].[Na]. The van der Waals surface area contributed by atoms with Crippen LogP contribution in [0.25, 0.3) is 0 Å². The molecule has 1 aromatic rings. The van der Waals surface area contributed by atoms with E-state index < -0.39 is 11.2 Å². The number of aliphatic hydroxyl groups is 1. The van der Waals surface area contributed by atoms with Crippen LogP contribution in [0.3, 0.4) is 0 Å². The molecule has 6 nitrogen and oxygen atoms in total. The summed E-state index contributed by atoms with van der Waals surface area (Å²) in [4.78, 5) is 23.6. The molecule has 2 atom stereocenters. The third-order valence-corrected chi connectivity index (χ3v) is 3.35. The van der Waals surface area contributed by atoms with Crippen LogP contribution in [0, 0.1) is 16.0 Å². The summed E-state index contributed by atoms with van der Waals surface area (Å²) in [7, 11) is 0. The van der Waals surface area contributed by atoms with E-state index in [-0.39, 0.29) is 62.0 Å². The summed E-state index contributed by atoms with van der Waals surface area (Å²) in [6.07, 6.45) is 0.0143. The predicted octanol–water partition coefficient (Wildman–Crippen LogP) is 0.910. The molecule has 1 N–H and O–H groups in total. The Labute approximate surface area is 147 Å². The van der Waals surface area contributed by atoms with E-state index in [2.05, 4.69) is 0 Å². The first-order chi connectivity index (χ1) is 8.99. The molecule has 21 heavy (non-hydrogen) atoms. The second-order valence-corrected chi connectivity index (χ2v) is 4.93. The molecular formula is C13H16BN2NaO4. The van der Waals surface area contributed by atoms with Gasteiger partial charge in [-0.3, -0.25) is 14.9 Å². The minimum absolute atomic E-state index is 0. The first-order valence-corrected chi connectivity index (χ1v) is 6.19. The van der Waals surface area contributed by atoms with Crippen molar-refractivity contribution in [3.8, 4) is 0 Å². The van der Waals surface area contributed by atoms with Crippen LogP contribution in [-0.4, -0.2) is 65.0 Å². The second kappa shape index (κ2) is 8.53. The molecule has 1 saturated heterocycles. The topological polar surface area (TPSA) is 83.7 Å². The van der Waals surface area contributed by atoms with Crippen molar-refractivity contribution in [1.29, 1.82) is 0 Å². The summed E-state index contributed by atoms with van der Waals surface area (Å²) < 4.78 is 0. The number of nitro benzene ring substituents is 1. The number of nitrogens with zero attached hydrogens (tertiary/aromatic N) is 2. The quantitative estimate of drug-likeness (QED) is 0.511. The third kappa shape index (κ3) is 4.81. The molecule has 4 radical (unpaired) electrons. The minimum atomic E-state index is -0.865. The normalized spacial score (nSPS) is 21.2. The van der Waals surface area contributed by atoms with Crippen LogP contribution in [0.4, 0.5) is 5.69 Å². The second-order valence-electron chi connectivity index (χ2n) is 4.93. The molecule has 2 unspecified atom stereocenters. The predicted molar refractivity (Wildman–Crippen MR) is 79.6 cm³/mol. The van der Waals surface area contributed by atoms with Gasteiger partial charge in [0, 0.05) is 56.0 Å². The zero-order valence-corrected chi connectivity index (χ0v) is 14.2. The number of rotatable bonds is 3. The summed E-state index contributed by atoms with van der Waals surface area (Å²) in [5.41, 5.74) is 0.413. The fourth-order valence-corrected chi connectivity index (χ4v) is 2.35. The van der Waals surface area contributed by atoms with Gasteiger partial charge >= 0.3 is 0 Å². The smallest absolute Gasteiger partial charge is 0.274 e. The van der Waals surface area contributed by atoms with Crippen molar-refractivity contribution in [2.45, 2.75) is 32.5 Å². The van der Waals surface area contributed by atoms with Crippen molar-refractivity contribution >= 4 is 49.6 Å². The Morgan fingerprint density at radius 3 is 2.62 bits per heavy atom. The summed E-state index contributed by atoms with van der Waals surface area (Å²) in [5.74, 6) is -0.0195. The number of para-hydroxylation sites is 1. The van der Waals surface area contributed by atoms with E-state index in [4.69, 9.17) is 0 Å². The third-order valence-electron chi connectivity index (χ3n) is 3.35. The number of carbonyl (C=O) groups excluding carboxylic acids is 1. The maximum atomic E-state index is 11.9. The molecule has 2 rings (SSSR count). The molecule has 0 aliphatic carbocycles. The van der Waals surface area contributed by atoms with E-state index in [0.29, 0.717) is 18.4 Å². The number of hydrogen-bond acceptors (Lipinski definition) is 4. The van der Waals surface area contributed by atoms with Crippen molar-refractivity contribution in [3.63, 3.8) is 0 Å². The van der Waals surface area contributed by atoms with Gasteiger partial charge in [-0.25, -0.2) is 0 Å². The molecule has 1 aliphatic heterocycles. The van der Waals surface area contributed by atoms with E-state index >= 15 is 0 Å². The molecule has 0 spiro atoms. The van der Waals surface area contributed by atoms with Gasteiger partial charge in [-0.2, -0.15) is 0 Å². The Hall–Kier alpha value is -0.885. The molecule has 0 aromatic heterocycles. The van der Waals surface area contributed by atoms with Crippen LogP contribution in [0.2, 0.25) is 0 Å². The fraction of sp³-hybridized carbons (Fsp3) is 0.462. The molecule has 0 bridgehead atoms. The molecule has 8 heteroatoms. The largest absolute Gasteiger partial charge is 0.374 e. The first kappa shape index (κ1) is 20.1. The van der Waals surface area contributed by atoms with Gasteiger partial charge in [-0.1, -0.05) is 25.1 Å². The molecule has 1 amide bonds. The Bertz CT molecular complexity index is 515. The van der Waals surface area contributed by atoms with Gasteiger partial charge in [-0.15, -0.1) is 0 Å². The van der Waals surface area contributed by atoms with Crippen molar-refractivity contribution in [3.05, 3.63) is 39.9 Å². The van der Waals surface area contributed by atoms with Crippen molar-refractivity contribution < 1.29 is 14.8 Å². The summed E-state index contributed by atoms with van der Waals surface area (Å²) in [6, 6.07) is 6.28. The zero-order chi connectivity index (χ0) is 14.0. The molecule has 1 aliphatic rings. The number of amides is 1. The van der Waals surface area contributed by atoms with Crippen molar-refractivity contribution in [1.82, 2.24) is 4.90 Å². The average Bonchev–Trinajstić information content (AvgIpc) is 2.34. The van der Waals surface area contributed by atoms with Crippen LogP contribution in [0.1, 0.15) is 25.3 Å². The number of benzene rings is 1. The summed E-state index contributed by atoms with van der Waals surface area (Å²) in [6.45, 7) is 1.98. The van der Waals surface area contributed by atoms with Crippen LogP contribution in [0.15, 0.2) is 24.3 Å². The van der Waals surface area contributed by atoms with Crippen LogP contribution < -0.4 is 0 Å². The number of hydrogen-bond donors (Lipinski definition) is 1. The van der Waals surface area contributed by atoms with E-state index in [9.17, 15) is 20.0 Å².